The standard InChI is InChI=1S/C14H16BrClFN5/c15-8-4-5-9(11(17)10(8)16)22-13(19)20-12(18)21-14(22)6-2-1-3-7-14/h4-5H,1-3,6-7H2,(H4,18,19,20,21). The Bertz CT molecular complexity index is 669. The summed E-state index contributed by atoms with van der Waals surface area (Å²) in [6.45, 7) is 0. The van der Waals surface area contributed by atoms with E-state index in [1.165, 1.54) is 0 Å². The highest BCUT2D eigenvalue weighted by atomic mass is 79.9. The van der Waals surface area contributed by atoms with Crippen LogP contribution in [0.3, 0.4) is 0 Å². The van der Waals surface area contributed by atoms with E-state index in [1.807, 2.05) is 0 Å². The van der Waals surface area contributed by atoms with Crippen LogP contribution in [-0.4, -0.2) is 17.6 Å². The van der Waals surface area contributed by atoms with Crippen molar-refractivity contribution in [3.05, 3.63) is 27.4 Å². The molecule has 0 unspecified atom stereocenters. The minimum atomic E-state index is -0.674. The van der Waals surface area contributed by atoms with Crippen molar-refractivity contribution in [2.45, 2.75) is 37.8 Å². The van der Waals surface area contributed by atoms with Gasteiger partial charge in [-0.1, -0.05) is 18.0 Å². The largest absolute Gasteiger partial charge is 0.369 e. The van der Waals surface area contributed by atoms with Crippen molar-refractivity contribution >= 4 is 45.1 Å². The van der Waals surface area contributed by atoms with Crippen LogP contribution in [0.15, 0.2) is 26.6 Å². The summed E-state index contributed by atoms with van der Waals surface area (Å²) in [6.07, 6.45) is 4.57. The fraction of sp³-hybridized carbons (Fsp3) is 0.429. The van der Waals surface area contributed by atoms with Crippen molar-refractivity contribution in [2.75, 3.05) is 4.90 Å². The number of aliphatic imine (C=N–C) groups is 2. The van der Waals surface area contributed by atoms with Gasteiger partial charge < -0.3 is 11.5 Å². The fourth-order valence-electron chi connectivity index (χ4n) is 3.16. The maximum Gasteiger partial charge on any atom is 0.220 e. The normalized spacial score (nSPS) is 20.8. The molecular weight excluding hydrogens is 373 g/mol. The summed E-state index contributed by atoms with van der Waals surface area (Å²) in [7, 11) is 0. The molecule has 0 atom stereocenters. The molecule has 0 aromatic heterocycles. The van der Waals surface area contributed by atoms with Gasteiger partial charge in [-0.05, 0) is 53.7 Å². The molecule has 1 aliphatic carbocycles. The quantitative estimate of drug-likeness (QED) is 0.724. The van der Waals surface area contributed by atoms with E-state index >= 15 is 0 Å². The lowest BCUT2D eigenvalue weighted by molar-refractivity contribution is 0.304. The summed E-state index contributed by atoms with van der Waals surface area (Å²) in [5.41, 5.74) is 11.4. The lowest BCUT2D eigenvalue weighted by atomic mass is 9.87. The van der Waals surface area contributed by atoms with Gasteiger partial charge in [0.2, 0.25) is 11.9 Å². The molecule has 5 nitrogen and oxygen atoms in total. The van der Waals surface area contributed by atoms with E-state index in [1.54, 1.807) is 17.0 Å². The third-order valence-corrected chi connectivity index (χ3v) is 5.37. The summed E-state index contributed by atoms with van der Waals surface area (Å²) >= 11 is 9.23. The molecule has 4 N–H and O–H groups in total. The molecule has 2 aliphatic rings. The first-order valence-corrected chi connectivity index (χ1v) is 8.25. The molecule has 118 valence electrons. The van der Waals surface area contributed by atoms with Gasteiger partial charge >= 0.3 is 0 Å². The number of halogens is 3. The van der Waals surface area contributed by atoms with Crippen LogP contribution in [-0.2, 0) is 0 Å². The first-order valence-electron chi connectivity index (χ1n) is 7.08. The Morgan fingerprint density at radius 2 is 1.91 bits per heavy atom. The van der Waals surface area contributed by atoms with Gasteiger partial charge in [0.25, 0.3) is 0 Å². The fourth-order valence-corrected chi connectivity index (χ4v) is 3.62. The zero-order chi connectivity index (χ0) is 15.9. The number of nitrogens with two attached hydrogens (primary N) is 2. The molecule has 3 rings (SSSR count). The van der Waals surface area contributed by atoms with Crippen molar-refractivity contribution < 1.29 is 4.39 Å². The minimum Gasteiger partial charge on any atom is -0.369 e. The molecular formula is C14H16BrClFN5. The van der Waals surface area contributed by atoms with Gasteiger partial charge in [0, 0.05) is 4.47 Å². The highest BCUT2D eigenvalue weighted by Crippen LogP contribution is 2.42. The molecule has 0 amide bonds. The molecule has 0 bridgehead atoms. The molecule has 1 aliphatic heterocycles. The van der Waals surface area contributed by atoms with Crippen molar-refractivity contribution in [3.63, 3.8) is 0 Å². The van der Waals surface area contributed by atoms with E-state index in [-0.39, 0.29) is 22.6 Å². The Hall–Kier alpha value is -1.34. The van der Waals surface area contributed by atoms with Gasteiger partial charge in [-0.3, -0.25) is 4.90 Å². The molecule has 1 aromatic rings. The predicted octanol–water partition coefficient (Wildman–Crippen LogP) is 3.35. The smallest absolute Gasteiger partial charge is 0.220 e. The SMILES string of the molecule is NC1=NC2(CCCCC2)N(c2ccc(Br)c(Cl)c2F)C(N)=N1. The average molecular weight is 389 g/mol. The molecule has 0 saturated heterocycles. The summed E-state index contributed by atoms with van der Waals surface area (Å²) in [4.78, 5) is 10.2. The van der Waals surface area contributed by atoms with Crippen molar-refractivity contribution in [1.82, 2.24) is 0 Å². The maximum absolute atomic E-state index is 14.7. The van der Waals surface area contributed by atoms with Gasteiger partial charge in [-0.15, -0.1) is 0 Å². The van der Waals surface area contributed by atoms with Gasteiger partial charge in [0.15, 0.2) is 5.82 Å². The van der Waals surface area contributed by atoms with Crippen molar-refractivity contribution in [3.8, 4) is 0 Å². The predicted molar refractivity (Wildman–Crippen MR) is 90.6 cm³/mol. The molecule has 1 fully saturated rings. The highest BCUT2D eigenvalue weighted by molar-refractivity contribution is 9.10. The van der Waals surface area contributed by atoms with Crippen LogP contribution < -0.4 is 16.4 Å². The summed E-state index contributed by atoms with van der Waals surface area (Å²) in [5, 5.41) is 0.0128. The molecule has 1 aromatic carbocycles. The van der Waals surface area contributed by atoms with Crippen LogP contribution in [0.1, 0.15) is 32.1 Å². The third-order valence-electron chi connectivity index (χ3n) is 4.11. The number of hydrogen-bond acceptors (Lipinski definition) is 5. The highest BCUT2D eigenvalue weighted by Gasteiger charge is 2.43. The lowest BCUT2D eigenvalue weighted by Crippen LogP contribution is -2.58. The molecule has 8 heteroatoms. The van der Waals surface area contributed by atoms with E-state index < -0.39 is 11.5 Å². The molecule has 22 heavy (non-hydrogen) atoms. The maximum atomic E-state index is 14.7. The first-order chi connectivity index (χ1) is 10.4. The van der Waals surface area contributed by atoms with Gasteiger partial charge in [0.1, 0.15) is 5.66 Å². The summed E-state index contributed by atoms with van der Waals surface area (Å²) in [6, 6.07) is 3.31. The zero-order valence-electron chi connectivity index (χ0n) is 11.8. The number of rotatable bonds is 1. The summed E-state index contributed by atoms with van der Waals surface area (Å²) in [5.74, 6) is -0.263. The lowest BCUT2D eigenvalue weighted by Gasteiger charge is -2.45. The van der Waals surface area contributed by atoms with Crippen molar-refractivity contribution in [2.24, 2.45) is 21.5 Å². The van der Waals surface area contributed by atoms with E-state index in [4.69, 9.17) is 23.1 Å². The monoisotopic (exact) mass is 387 g/mol. The van der Waals surface area contributed by atoms with Gasteiger partial charge in [-0.25, -0.2) is 9.38 Å². The van der Waals surface area contributed by atoms with Crippen LogP contribution in [0.25, 0.3) is 0 Å². The number of anilines is 1. The Morgan fingerprint density at radius 1 is 1.23 bits per heavy atom. The first kappa shape index (κ1) is 15.6. The Kier molecular flexibility index (Phi) is 4.03. The van der Waals surface area contributed by atoms with Gasteiger partial charge in [0.05, 0.1) is 10.7 Å². The number of guanidine groups is 2. The van der Waals surface area contributed by atoms with Crippen LogP contribution in [0, 0.1) is 5.82 Å². The minimum absolute atomic E-state index is 0.0128. The Morgan fingerprint density at radius 3 is 2.59 bits per heavy atom. The second kappa shape index (κ2) is 5.70. The number of benzene rings is 1. The number of nitrogens with zero attached hydrogens (tertiary/aromatic N) is 3. The Labute approximate surface area is 141 Å². The zero-order valence-corrected chi connectivity index (χ0v) is 14.2. The van der Waals surface area contributed by atoms with E-state index in [0.29, 0.717) is 4.47 Å². The second-order valence-electron chi connectivity index (χ2n) is 5.51. The Balaban J connectivity index is 2.14. The average Bonchev–Trinajstić information content (AvgIpc) is 2.47. The summed E-state index contributed by atoms with van der Waals surface area (Å²) < 4.78 is 15.2. The van der Waals surface area contributed by atoms with Crippen LogP contribution in [0.2, 0.25) is 5.02 Å². The molecule has 1 heterocycles. The van der Waals surface area contributed by atoms with Crippen LogP contribution in [0.4, 0.5) is 10.1 Å². The second-order valence-corrected chi connectivity index (χ2v) is 6.75. The topological polar surface area (TPSA) is 80.0 Å². The molecule has 0 radical (unpaired) electrons. The number of hydrogen-bond donors (Lipinski definition) is 2. The third kappa shape index (κ3) is 2.46. The molecule has 1 spiro atoms. The van der Waals surface area contributed by atoms with Crippen LogP contribution in [0.5, 0.6) is 0 Å². The van der Waals surface area contributed by atoms with Crippen LogP contribution >= 0.6 is 27.5 Å². The van der Waals surface area contributed by atoms with Gasteiger partial charge in [-0.2, -0.15) is 4.99 Å². The van der Waals surface area contributed by atoms with Crippen molar-refractivity contribution in [1.29, 1.82) is 0 Å². The van der Waals surface area contributed by atoms with E-state index in [9.17, 15) is 4.39 Å². The molecule has 1 saturated carbocycles. The van der Waals surface area contributed by atoms with E-state index in [0.717, 1.165) is 32.1 Å². The van der Waals surface area contributed by atoms with E-state index in [2.05, 4.69) is 25.9 Å².